The van der Waals surface area contributed by atoms with Crippen molar-refractivity contribution in [3.05, 3.63) is 30.5 Å². The topological polar surface area (TPSA) is 43.4 Å². The van der Waals surface area contributed by atoms with E-state index in [2.05, 4.69) is 10.3 Å². The lowest BCUT2D eigenvalue weighted by Crippen LogP contribution is -2.34. The van der Waals surface area contributed by atoms with E-state index in [0.717, 1.165) is 48.3 Å². The van der Waals surface area contributed by atoms with Gasteiger partial charge in [0.05, 0.1) is 7.11 Å². The second-order valence-corrected chi connectivity index (χ2v) is 4.77. The molecule has 0 atom stereocenters. The van der Waals surface area contributed by atoms with Crippen molar-refractivity contribution in [3.63, 3.8) is 0 Å². The summed E-state index contributed by atoms with van der Waals surface area (Å²) >= 11 is 0. The number of pyridine rings is 1. The van der Waals surface area contributed by atoms with Crippen LogP contribution in [0.1, 0.15) is 12.8 Å². The quantitative estimate of drug-likeness (QED) is 0.918. The molecule has 1 fully saturated rings. The number of ether oxygens (including phenoxy) is 2. The molecule has 1 aromatic carbocycles. The molecule has 1 aliphatic rings. The molecule has 1 aromatic heterocycles. The number of methoxy groups -OCH3 is 1. The molecule has 19 heavy (non-hydrogen) atoms. The first-order chi connectivity index (χ1) is 9.36. The first-order valence-electron chi connectivity index (χ1n) is 6.67. The van der Waals surface area contributed by atoms with Crippen molar-refractivity contribution in [3.8, 4) is 11.6 Å². The number of nitrogens with zero attached hydrogens (tertiary/aromatic N) is 1. The fourth-order valence-electron chi connectivity index (χ4n) is 2.42. The first kappa shape index (κ1) is 12.2. The lowest BCUT2D eigenvalue weighted by molar-refractivity contribution is 0.158. The molecule has 1 aliphatic heterocycles. The number of hydrogen-bond acceptors (Lipinski definition) is 4. The van der Waals surface area contributed by atoms with E-state index in [1.807, 2.05) is 24.3 Å². The number of hydrogen-bond donors (Lipinski definition) is 1. The molecule has 0 amide bonds. The highest BCUT2D eigenvalue weighted by atomic mass is 16.5. The average molecular weight is 258 g/mol. The number of piperidine rings is 1. The lowest BCUT2D eigenvalue weighted by atomic mass is 10.1. The van der Waals surface area contributed by atoms with Crippen molar-refractivity contribution < 1.29 is 9.47 Å². The van der Waals surface area contributed by atoms with Crippen molar-refractivity contribution in [2.75, 3.05) is 20.2 Å². The van der Waals surface area contributed by atoms with E-state index in [9.17, 15) is 0 Å². The normalized spacial score (nSPS) is 16.5. The van der Waals surface area contributed by atoms with Gasteiger partial charge in [-0.3, -0.25) is 0 Å². The number of nitrogens with one attached hydrogen (secondary N) is 1. The van der Waals surface area contributed by atoms with Gasteiger partial charge >= 0.3 is 0 Å². The molecule has 0 aliphatic carbocycles. The van der Waals surface area contributed by atoms with Gasteiger partial charge in [0.15, 0.2) is 0 Å². The molecule has 0 unspecified atom stereocenters. The second-order valence-electron chi connectivity index (χ2n) is 4.77. The van der Waals surface area contributed by atoms with Gasteiger partial charge < -0.3 is 14.8 Å². The fourth-order valence-corrected chi connectivity index (χ4v) is 2.42. The van der Waals surface area contributed by atoms with E-state index in [4.69, 9.17) is 9.47 Å². The highest BCUT2D eigenvalue weighted by Crippen LogP contribution is 2.28. The van der Waals surface area contributed by atoms with Gasteiger partial charge in [0.2, 0.25) is 5.88 Å². The van der Waals surface area contributed by atoms with Gasteiger partial charge in [-0.05, 0) is 55.6 Å². The van der Waals surface area contributed by atoms with Gasteiger partial charge in [-0.1, -0.05) is 0 Å². The van der Waals surface area contributed by atoms with Crippen molar-refractivity contribution in [1.29, 1.82) is 0 Å². The van der Waals surface area contributed by atoms with Crippen molar-refractivity contribution in [2.45, 2.75) is 18.9 Å². The maximum Gasteiger partial charge on any atom is 0.221 e. The molecule has 0 bridgehead atoms. The Morgan fingerprint density at radius 2 is 2.05 bits per heavy atom. The molecule has 2 heterocycles. The molecule has 0 radical (unpaired) electrons. The molecule has 4 nitrogen and oxygen atoms in total. The van der Waals surface area contributed by atoms with Gasteiger partial charge in [0.1, 0.15) is 11.9 Å². The minimum Gasteiger partial charge on any atom is -0.497 e. The molecule has 100 valence electrons. The Labute approximate surface area is 112 Å². The monoisotopic (exact) mass is 258 g/mol. The minimum absolute atomic E-state index is 0.265. The van der Waals surface area contributed by atoms with E-state index in [-0.39, 0.29) is 6.10 Å². The largest absolute Gasteiger partial charge is 0.497 e. The number of aromatic nitrogens is 1. The summed E-state index contributed by atoms with van der Waals surface area (Å²) in [5, 5.41) is 5.47. The van der Waals surface area contributed by atoms with Crippen molar-refractivity contribution in [2.24, 2.45) is 0 Å². The third-order valence-electron chi connectivity index (χ3n) is 3.50. The zero-order valence-electron chi connectivity index (χ0n) is 11.1. The van der Waals surface area contributed by atoms with Crippen LogP contribution in [0.5, 0.6) is 11.6 Å². The van der Waals surface area contributed by atoms with Crippen LogP contribution in [0.25, 0.3) is 10.8 Å². The second kappa shape index (κ2) is 5.45. The highest BCUT2D eigenvalue weighted by molar-refractivity contribution is 5.87. The van der Waals surface area contributed by atoms with Crippen LogP contribution in [0, 0.1) is 0 Å². The van der Waals surface area contributed by atoms with Crippen LogP contribution in [0.3, 0.4) is 0 Å². The number of benzene rings is 1. The van der Waals surface area contributed by atoms with Crippen LogP contribution >= 0.6 is 0 Å². The average Bonchev–Trinajstić information content (AvgIpc) is 2.48. The summed E-state index contributed by atoms with van der Waals surface area (Å²) in [7, 11) is 1.68. The summed E-state index contributed by atoms with van der Waals surface area (Å²) in [5.41, 5.74) is 0. The van der Waals surface area contributed by atoms with Gasteiger partial charge in [-0.15, -0.1) is 0 Å². The summed E-state index contributed by atoms with van der Waals surface area (Å²) < 4.78 is 11.3. The summed E-state index contributed by atoms with van der Waals surface area (Å²) in [4.78, 5) is 4.37. The Morgan fingerprint density at radius 1 is 1.21 bits per heavy atom. The molecule has 2 aromatic rings. The van der Waals surface area contributed by atoms with Crippen molar-refractivity contribution in [1.82, 2.24) is 10.3 Å². The predicted molar refractivity (Wildman–Crippen MR) is 74.8 cm³/mol. The molecule has 0 saturated carbocycles. The third-order valence-corrected chi connectivity index (χ3v) is 3.50. The van der Waals surface area contributed by atoms with Crippen LogP contribution in [-0.4, -0.2) is 31.3 Å². The third kappa shape index (κ3) is 2.63. The van der Waals surface area contributed by atoms with Crippen LogP contribution in [-0.2, 0) is 0 Å². The summed E-state index contributed by atoms with van der Waals surface area (Å²) in [5.74, 6) is 1.58. The van der Waals surface area contributed by atoms with E-state index in [1.165, 1.54) is 0 Å². The molecule has 1 saturated heterocycles. The lowest BCUT2D eigenvalue weighted by Gasteiger charge is -2.23. The Kier molecular flexibility index (Phi) is 3.51. The van der Waals surface area contributed by atoms with Gasteiger partial charge in [0, 0.05) is 11.6 Å². The predicted octanol–water partition coefficient (Wildman–Crippen LogP) is 2.37. The molecular weight excluding hydrogens is 240 g/mol. The van der Waals surface area contributed by atoms with Gasteiger partial charge in [-0.2, -0.15) is 0 Å². The van der Waals surface area contributed by atoms with Crippen LogP contribution < -0.4 is 14.8 Å². The summed E-state index contributed by atoms with van der Waals surface area (Å²) in [6.07, 6.45) is 4.13. The van der Waals surface area contributed by atoms with Gasteiger partial charge in [0.25, 0.3) is 0 Å². The Morgan fingerprint density at radius 3 is 2.84 bits per heavy atom. The van der Waals surface area contributed by atoms with E-state index in [1.54, 1.807) is 13.3 Å². The molecule has 3 rings (SSSR count). The Balaban J connectivity index is 1.90. The highest BCUT2D eigenvalue weighted by Gasteiger charge is 2.16. The van der Waals surface area contributed by atoms with Crippen molar-refractivity contribution >= 4 is 10.8 Å². The van der Waals surface area contributed by atoms with Crippen LogP contribution in [0.15, 0.2) is 30.5 Å². The Bertz CT molecular complexity index is 565. The zero-order valence-corrected chi connectivity index (χ0v) is 11.1. The smallest absolute Gasteiger partial charge is 0.221 e. The number of rotatable bonds is 3. The zero-order chi connectivity index (χ0) is 13.1. The Hall–Kier alpha value is -1.81. The summed E-state index contributed by atoms with van der Waals surface area (Å²) in [6.45, 7) is 2.03. The van der Waals surface area contributed by atoms with E-state index >= 15 is 0 Å². The first-order valence-corrected chi connectivity index (χ1v) is 6.67. The maximum atomic E-state index is 6.05. The fraction of sp³-hybridized carbons (Fsp3) is 0.400. The summed E-state index contributed by atoms with van der Waals surface area (Å²) in [6, 6.07) is 7.94. The van der Waals surface area contributed by atoms with Gasteiger partial charge in [-0.25, -0.2) is 4.98 Å². The maximum absolute atomic E-state index is 6.05. The number of fused-ring (bicyclic) bond motifs is 1. The van der Waals surface area contributed by atoms with E-state index in [0.29, 0.717) is 0 Å². The minimum atomic E-state index is 0.265. The molecule has 1 N–H and O–H groups in total. The molecule has 0 spiro atoms. The SMILES string of the molecule is COc1ccc2c(OC3CCNCC3)nccc2c1. The molecule has 4 heteroatoms. The van der Waals surface area contributed by atoms with Crippen LogP contribution in [0.2, 0.25) is 0 Å². The van der Waals surface area contributed by atoms with E-state index < -0.39 is 0 Å². The molecular formula is C15H18N2O2. The standard InChI is InChI=1S/C15H18N2O2/c1-18-13-2-3-14-11(10-13)4-9-17-15(14)19-12-5-7-16-8-6-12/h2-4,9-10,12,16H,5-8H2,1H3. The van der Waals surface area contributed by atoms with Crippen LogP contribution in [0.4, 0.5) is 0 Å².